The molecule has 3 heterocycles. The van der Waals surface area contributed by atoms with Crippen LogP contribution in [0.5, 0.6) is 0 Å². The minimum Gasteiger partial charge on any atom is -0.401 e. The number of benzene rings is 2. The van der Waals surface area contributed by atoms with E-state index in [1.165, 1.54) is 0 Å². The molecule has 128 valence electrons. The highest BCUT2D eigenvalue weighted by molar-refractivity contribution is 5.78. The second-order valence-corrected chi connectivity index (χ2v) is 5.84. The van der Waals surface area contributed by atoms with E-state index in [9.17, 15) is 9.59 Å². The minimum absolute atomic E-state index is 0.104. The van der Waals surface area contributed by atoms with Gasteiger partial charge in [-0.1, -0.05) is 24.3 Å². The van der Waals surface area contributed by atoms with Crippen LogP contribution in [0.3, 0.4) is 0 Å². The van der Waals surface area contributed by atoms with E-state index in [2.05, 4.69) is 9.97 Å². The Bertz CT molecular complexity index is 1190. The van der Waals surface area contributed by atoms with Gasteiger partial charge >= 0.3 is 0 Å². The molecule has 8 heteroatoms. The van der Waals surface area contributed by atoms with Gasteiger partial charge < -0.3 is 9.68 Å². The Morgan fingerprint density at radius 1 is 0.692 bits per heavy atom. The van der Waals surface area contributed by atoms with Crippen molar-refractivity contribution in [2.45, 2.75) is 13.2 Å². The normalized spacial score (nSPS) is 13.2. The van der Waals surface area contributed by atoms with Crippen LogP contribution < -0.4 is 20.8 Å². The van der Waals surface area contributed by atoms with Gasteiger partial charge in [0.2, 0.25) is 0 Å². The Labute approximate surface area is 145 Å². The van der Waals surface area contributed by atoms with E-state index < -0.39 is 0 Å². The van der Waals surface area contributed by atoms with Crippen LogP contribution in [0.4, 0.5) is 0 Å². The predicted molar refractivity (Wildman–Crippen MR) is 92.6 cm³/mol. The summed E-state index contributed by atoms with van der Waals surface area (Å²) in [5.41, 5.74) is 0.429. The average molecular weight is 348 g/mol. The summed E-state index contributed by atoms with van der Waals surface area (Å²) in [6.45, 7) is -0.208. The number of hydrogen-bond acceptors (Lipinski definition) is 6. The summed E-state index contributed by atoms with van der Waals surface area (Å²) < 4.78 is 2.21. The first-order valence-corrected chi connectivity index (χ1v) is 8.00. The minimum atomic E-state index is -0.328. The molecular formula is C18H12N4O4. The molecule has 0 saturated heterocycles. The third kappa shape index (κ3) is 2.08. The van der Waals surface area contributed by atoms with Crippen molar-refractivity contribution >= 4 is 21.8 Å². The summed E-state index contributed by atoms with van der Waals surface area (Å²) in [5.74, 6) is 0.554. The molecule has 0 atom stereocenters. The van der Waals surface area contributed by atoms with Gasteiger partial charge in [-0.2, -0.15) is 0 Å². The quantitative estimate of drug-likeness (QED) is 0.464. The van der Waals surface area contributed by atoms with Gasteiger partial charge in [-0.3, -0.25) is 9.59 Å². The summed E-state index contributed by atoms with van der Waals surface area (Å²) in [6.07, 6.45) is 0. The molecule has 0 aliphatic carbocycles. The fraction of sp³-hybridized carbons (Fsp3) is 0.111. The van der Waals surface area contributed by atoms with Gasteiger partial charge in [0, 0.05) is 0 Å². The van der Waals surface area contributed by atoms with Crippen LogP contribution in [-0.2, 0) is 13.2 Å². The number of fused-ring (bicyclic) bond motifs is 4. The SMILES string of the molecule is O=c1c2ccccc2nc2n1OCc1nc3ccccc3c(=O)n1OC2. The van der Waals surface area contributed by atoms with E-state index in [-0.39, 0.29) is 36.0 Å². The highest BCUT2D eigenvalue weighted by atomic mass is 16.7. The van der Waals surface area contributed by atoms with Crippen molar-refractivity contribution in [1.29, 1.82) is 0 Å². The maximum Gasteiger partial charge on any atom is 0.294 e. The van der Waals surface area contributed by atoms with Crippen molar-refractivity contribution < 1.29 is 9.68 Å². The monoisotopic (exact) mass is 348 g/mol. The summed E-state index contributed by atoms with van der Waals surface area (Å²) in [7, 11) is 0. The van der Waals surface area contributed by atoms with Gasteiger partial charge in [0.15, 0.2) is 24.9 Å². The van der Waals surface area contributed by atoms with Crippen molar-refractivity contribution in [1.82, 2.24) is 19.4 Å². The van der Waals surface area contributed by atoms with Gasteiger partial charge in [0.25, 0.3) is 11.1 Å². The third-order valence-electron chi connectivity index (χ3n) is 4.25. The molecule has 8 nitrogen and oxygen atoms in total. The molecule has 0 fully saturated rings. The van der Waals surface area contributed by atoms with Crippen molar-refractivity contribution in [3.8, 4) is 0 Å². The zero-order valence-corrected chi connectivity index (χ0v) is 13.5. The van der Waals surface area contributed by atoms with Crippen LogP contribution >= 0.6 is 0 Å². The summed E-state index contributed by atoms with van der Waals surface area (Å²) >= 11 is 0. The molecule has 2 aromatic carbocycles. The molecule has 0 spiro atoms. The predicted octanol–water partition coefficient (Wildman–Crippen LogP) is 0.677. The summed E-state index contributed by atoms with van der Waals surface area (Å²) in [6, 6.07) is 14.0. The molecule has 0 saturated carbocycles. The van der Waals surface area contributed by atoms with Crippen molar-refractivity contribution in [2.24, 2.45) is 0 Å². The lowest BCUT2D eigenvalue weighted by Crippen LogP contribution is -2.39. The zero-order chi connectivity index (χ0) is 17.7. The molecule has 2 aromatic heterocycles. The Kier molecular flexibility index (Phi) is 3.05. The smallest absolute Gasteiger partial charge is 0.294 e. The van der Waals surface area contributed by atoms with E-state index in [1.807, 2.05) is 0 Å². The first-order valence-electron chi connectivity index (χ1n) is 8.00. The van der Waals surface area contributed by atoms with Crippen molar-refractivity contribution in [3.05, 3.63) is 80.9 Å². The maximum absolute atomic E-state index is 12.7. The van der Waals surface area contributed by atoms with Gasteiger partial charge in [-0.05, 0) is 24.3 Å². The van der Waals surface area contributed by atoms with E-state index >= 15 is 0 Å². The summed E-state index contributed by atoms with van der Waals surface area (Å²) in [5, 5.41) is 0.890. The number of nitrogens with zero attached hydrogens (tertiary/aromatic N) is 4. The fourth-order valence-electron chi connectivity index (χ4n) is 3.02. The lowest BCUT2D eigenvalue weighted by Gasteiger charge is -2.20. The molecule has 0 radical (unpaired) electrons. The Morgan fingerprint density at radius 3 is 1.58 bits per heavy atom. The average Bonchev–Trinajstić information content (AvgIpc) is 2.65. The third-order valence-corrected chi connectivity index (χ3v) is 4.25. The molecule has 1 aliphatic rings. The van der Waals surface area contributed by atoms with Gasteiger partial charge in [-0.15, -0.1) is 9.46 Å². The molecule has 5 rings (SSSR count). The van der Waals surface area contributed by atoms with Gasteiger partial charge in [-0.25, -0.2) is 9.97 Å². The second kappa shape index (κ2) is 5.41. The molecule has 4 aromatic rings. The largest absolute Gasteiger partial charge is 0.401 e. The highest BCUT2D eigenvalue weighted by Gasteiger charge is 2.20. The maximum atomic E-state index is 12.7. The van der Waals surface area contributed by atoms with Gasteiger partial charge in [0.1, 0.15) is 0 Å². The Balaban J connectivity index is 1.69. The van der Waals surface area contributed by atoms with Crippen LogP contribution in [0.25, 0.3) is 21.8 Å². The van der Waals surface area contributed by atoms with E-state index in [1.54, 1.807) is 48.5 Å². The van der Waals surface area contributed by atoms with Crippen molar-refractivity contribution in [2.75, 3.05) is 0 Å². The molecule has 0 unspecified atom stereocenters. The molecular weight excluding hydrogens is 336 g/mol. The lowest BCUT2D eigenvalue weighted by atomic mass is 10.2. The Morgan fingerprint density at radius 2 is 1.12 bits per heavy atom. The standard InChI is InChI=1S/C18H12N4O4/c23-17-11-5-1-3-7-13(11)19-15-9-26-22-16(10-25-21(15)17)20-14-8-4-2-6-12(14)18(22)24/h1-8H,9-10H2. The number of hydrogen-bond donors (Lipinski definition) is 0. The van der Waals surface area contributed by atoms with E-state index in [0.29, 0.717) is 21.8 Å². The van der Waals surface area contributed by atoms with Crippen molar-refractivity contribution in [3.63, 3.8) is 0 Å². The van der Waals surface area contributed by atoms with E-state index in [0.717, 1.165) is 9.46 Å². The second-order valence-electron chi connectivity index (χ2n) is 5.84. The number of aromatic nitrogens is 4. The lowest BCUT2D eigenvalue weighted by molar-refractivity contribution is -0.00153. The molecule has 1 aliphatic heterocycles. The zero-order valence-electron chi connectivity index (χ0n) is 13.5. The van der Waals surface area contributed by atoms with Gasteiger partial charge in [0.05, 0.1) is 21.8 Å². The molecule has 0 amide bonds. The Hall–Kier alpha value is -3.68. The number of rotatable bonds is 0. The fourth-order valence-corrected chi connectivity index (χ4v) is 3.02. The molecule has 0 N–H and O–H groups in total. The molecule has 0 bridgehead atoms. The van der Waals surface area contributed by atoms with Crippen LogP contribution in [-0.4, -0.2) is 19.4 Å². The number of para-hydroxylation sites is 2. The van der Waals surface area contributed by atoms with Crippen LogP contribution in [0.15, 0.2) is 58.1 Å². The van der Waals surface area contributed by atoms with Crippen LogP contribution in [0.2, 0.25) is 0 Å². The highest BCUT2D eigenvalue weighted by Crippen LogP contribution is 2.11. The van der Waals surface area contributed by atoms with Crippen LogP contribution in [0, 0.1) is 0 Å². The van der Waals surface area contributed by atoms with E-state index in [4.69, 9.17) is 9.68 Å². The molecule has 26 heavy (non-hydrogen) atoms. The summed E-state index contributed by atoms with van der Waals surface area (Å²) in [4.78, 5) is 45.5. The first kappa shape index (κ1) is 14.6. The topological polar surface area (TPSA) is 88.2 Å². The van der Waals surface area contributed by atoms with Crippen LogP contribution in [0.1, 0.15) is 11.6 Å². The first-order chi connectivity index (χ1) is 12.7.